The molecule has 0 aliphatic carbocycles. The van der Waals surface area contributed by atoms with Crippen LogP contribution in [0.1, 0.15) is 33.1 Å². The van der Waals surface area contributed by atoms with Crippen LogP contribution in [0.5, 0.6) is 0 Å². The van der Waals surface area contributed by atoms with Crippen LogP contribution < -0.4 is 5.32 Å². The Hall–Kier alpha value is -1.93. The van der Waals surface area contributed by atoms with E-state index in [1.807, 2.05) is 13.8 Å². The molecule has 150 valence electrons. The summed E-state index contributed by atoms with van der Waals surface area (Å²) < 4.78 is 26.8. The number of hydrogen-bond donors (Lipinski definition) is 2. The highest BCUT2D eigenvalue weighted by Gasteiger charge is 2.33. The van der Waals surface area contributed by atoms with Gasteiger partial charge in [-0.25, -0.2) is 8.42 Å². The van der Waals surface area contributed by atoms with E-state index in [0.29, 0.717) is 25.8 Å². The minimum Gasteiger partial charge on any atom is -0.481 e. The van der Waals surface area contributed by atoms with Gasteiger partial charge in [-0.05, 0) is 37.3 Å². The van der Waals surface area contributed by atoms with Crippen LogP contribution in [0, 0.1) is 17.8 Å². The van der Waals surface area contributed by atoms with Crippen LogP contribution in [0.2, 0.25) is 0 Å². The third-order valence-electron chi connectivity index (χ3n) is 4.76. The molecule has 1 aromatic rings. The zero-order valence-corrected chi connectivity index (χ0v) is 16.6. The van der Waals surface area contributed by atoms with Crippen molar-refractivity contribution in [2.75, 3.05) is 19.6 Å². The van der Waals surface area contributed by atoms with Crippen molar-refractivity contribution in [2.45, 2.75) is 38.0 Å². The summed E-state index contributed by atoms with van der Waals surface area (Å²) in [7, 11) is -3.63. The van der Waals surface area contributed by atoms with Crippen molar-refractivity contribution in [2.24, 2.45) is 17.8 Å². The zero-order valence-electron chi connectivity index (χ0n) is 15.8. The maximum atomic E-state index is 12.7. The van der Waals surface area contributed by atoms with Gasteiger partial charge in [-0.15, -0.1) is 0 Å². The van der Waals surface area contributed by atoms with Crippen LogP contribution in [0.25, 0.3) is 0 Å². The lowest BCUT2D eigenvalue weighted by Gasteiger charge is -2.31. The van der Waals surface area contributed by atoms with Crippen molar-refractivity contribution in [3.63, 3.8) is 0 Å². The van der Waals surface area contributed by atoms with Crippen molar-refractivity contribution in [1.82, 2.24) is 9.62 Å². The first-order valence-corrected chi connectivity index (χ1v) is 10.7. The average molecular weight is 397 g/mol. The fraction of sp³-hybridized carbons (Fsp3) is 0.579. The lowest BCUT2D eigenvalue weighted by Crippen LogP contribution is -2.46. The quantitative estimate of drug-likeness (QED) is 0.699. The largest absolute Gasteiger partial charge is 0.481 e. The number of nitrogens with one attached hydrogen (secondary N) is 1. The first kappa shape index (κ1) is 21.4. The number of carboxylic acid groups (broad SMARTS) is 1. The molecule has 2 N–H and O–H groups in total. The van der Waals surface area contributed by atoms with Gasteiger partial charge in [0.15, 0.2) is 0 Å². The molecule has 8 heteroatoms. The summed E-state index contributed by atoms with van der Waals surface area (Å²) in [6.45, 7) is 4.43. The summed E-state index contributed by atoms with van der Waals surface area (Å²) in [5.74, 6) is -2.10. The Morgan fingerprint density at radius 2 is 1.93 bits per heavy atom. The first-order valence-electron chi connectivity index (χ1n) is 9.27. The SMILES string of the molecule is CC(C)CC(CNC(=O)C1CCCN(S(=O)(=O)c2ccccc2)C1)C(=O)O. The average Bonchev–Trinajstić information content (AvgIpc) is 2.65. The summed E-state index contributed by atoms with van der Waals surface area (Å²) in [4.78, 5) is 24.0. The number of carbonyl (C=O) groups is 2. The molecule has 1 amide bonds. The Bertz CT molecular complexity index is 749. The summed E-state index contributed by atoms with van der Waals surface area (Å²) in [5.41, 5.74) is 0. The van der Waals surface area contributed by atoms with Crippen molar-refractivity contribution in [3.8, 4) is 0 Å². The van der Waals surface area contributed by atoms with Gasteiger partial charge in [-0.1, -0.05) is 32.0 Å². The number of aliphatic carboxylic acids is 1. The highest BCUT2D eigenvalue weighted by Crippen LogP contribution is 2.24. The van der Waals surface area contributed by atoms with Gasteiger partial charge in [0, 0.05) is 19.6 Å². The Morgan fingerprint density at radius 1 is 1.26 bits per heavy atom. The van der Waals surface area contributed by atoms with E-state index in [4.69, 9.17) is 0 Å². The molecule has 7 nitrogen and oxygen atoms in total. The van der Waals surface area contributed by atoms with Gasteiger partial charge < -0.3 is 10.4 Å². The standard InChI is InChI=1S/C19H28N2O5S/c1-14(2)11-16(19(23)24)12-20-18(22)15-7-6-10-21(13-15)27(25,26)17-8-4-3-5-9-17/h3-5,8-9,14-16H,6-7,10-13H2,1-2H3,(H,20,22)(H,23,24). The molecule has 0 saturated carbocycles. The second-order valence-electron chi connectivity index (χ2n) is 7.43. The maximum Gasteiger partial charge on any atom is 0.308 e. The van der Waals surface area contributed by atoms with E-state index < -0.39 is 27.8 Å². The van der Waals surface area contributed by atoms with Gasteiger partial charge in [-0.3, -0.25) is 9.59 Å². The minimum atomic E-state index is -3.63. The molecular weight excluding hydrogens is 368 g/mol. The predicted octanol–water partition coefficient (Wildman–Crippen LogP) is 1.95. The highest BCUT2D eigenvalue weighted by molar-refractivity contribution is 7.89. The van der Waals surface area contributed by atoms with Crippen LogP contribution in [0.15, 0.2) is 35.2 Å². The molecule has 0 bridgehead atoms. The summed E-state index contributed by atoms with van der Waals surface area (Å²) in [6, 6.07) is 8.18. The Balaban J connectivity index is 1.99. The second kappa shape index (κ2) is 9.32. The van der Waals surface area contributed by atoms with Crippen molar-refractivity contribution >= 4 is 21.9 Å². The van der Waals surface area contributed by atoms with Crippen LogP contribution in [-0.4, -0.2) is 49.3 Å². The fourth-order valence-electron chi connectivity index (χ4n) is 3.32. The van der Waals surface area contributed by atoms with Gasteiger partial charge in [-0.2, -0.15) is 4.31 Å². The molecule has 1 aromatic carbocycles. The van der Waals surface area contributed by atoms with E-state index >= 15 is 0 Å². The first-order chi connectivity index (χ1) is 12.7. The Morgan fingerprint density at radius 3 is 2.52 bits per heavy atom. The van der Waals surface area contributed by atoms with E-state index in [1.165, 1.54) is 4.31 Å². The maximum absolute atomic E-state index is 12.7. The van der Waals surface area contributed by atoms with Gasteiger partial charge in [0.2, 0.25) is 15.9 Å². The minimum absolute atomic E-state index is 0.0638. The van der Waals surface area contributed by atoms with Crippen LogP contribution >= 0.6 is 0 Å². The number of benzene rings is 1. The number of piperidine rings is 1. The number of hydrogen-bond acceptors (Lipinski definition) is 4. The molecule has 1 heterocycles. The number of rotatable bonds is 8. The van der Waals surface area contributed by atoms with Gasteiger partial charge in [0.05, 0.1) is 16.7 Å². The van der Waals surface area contributed by atoms with Gasteiger partial charge >= 0.3 is 5.97 Å². The topological polar surface area (TPSA) is 104 Å². The fourth-order valence-corrected chi connectivity index (χ4v) is 4.87. The molecular formula is C19H28N2O5S. The molecule has 1 fully saturated rings. The lowest BCUT2D eigenvalue weighted by molar-refractivity contribution is -0.142. The zero-order chi connectivity index (χ0) is 20.0. The van der Waals surface area contributed by atoms with Crippen molar-refractivity contribution in [1.29, 1.82) is 0 Å². The van der Waals surface area contributed by atoms with Crippen molar-refractivity contribution in [3.05, 3.63) is 30.3 Å². The molecule has 2 unspecified atom stereocenters. The molecule has 27 heavy (non-hydrogen) atoms. The van der Waals surface area contributed by atoms with Crippen LogP contribution in [0.4, 0.5) is 0 Å². The Kier molecular flexibility index (Phi) is 7.38. The van der Waals surface area contributed by atoms with E-state index in [-0.39, 0.29) is 29.8 Å². The molecule has 2 rings (SSSR count). The summed E-state index contributed by atoms with van der Waals surface area (Å²) >= 11 is 0. The monoisotopic (exact) mass is 396 g/mol. The number of amides is 1. The number of nitrogens with zero attached hydrogens (tertiary/aromatic N) is 1. The molecule has 1 saturated heterocycles. The Labute approximate surface area is 160 Å². The third kappa shape index (κ3) is 5.77. The van der Waals surface area contributed by atoms with E-state index in [9.17, 15) is 23.1 Å². The van der Waals surface area contributed by atoms with Gasteiger partial charge in [0.25, 0.3) is 0 Å². The number of sulfonamides is 1. The molecule has 0 aromatic heterocycles. The molecule has 2 atom stereocenters. The molecule has 0 spiro atoms. The van der Waals surface area contributed by atoms with Crippen LogP contribution in [0.3, 0.4) is 0 Å². The lowest BCUT2D eigenvalue weighted by atomic mass is 9.95. The molecule has 1 aliphatic rings. The number of carboxylic acids is 1. The smallest absolute Gasteiger partial charge is 0.308 e. The third-order valence-corrected chi connectivity index (χ3v) is 6.64. The predicted molar refractivity (Wildman–Crippen MR) is 102 cm³/mol. The summed E-state index contributed by atoms with van der Waals surface area (Å²) in [5, 5.41) is 12.0. The van der Waals surface area contributed by atoms with E-state index in [0.717, 1.165) is 0 Å². The second-order valence-corrected chi connectivity index (χ2v) is 9.36. The van der Waals surface area contributed by atoms with E-state index in [1.54, 1.807) is 30.3 Å². The van der Waals surface area contributed by atoms with Gasteiger partial charge in [0.1, 0.15) is 0 Å². The molecule has 0 radical (unpaired) electrons. The number of carbonyl (C=O) groups excluding carboxylic acids is 1. The van der Waals surface area contributed by atoms with E-state index in [2.05, 4.69) is 5.32 Å². The van der Waals surface area contributed by atoms with Crippen LogP contribution in [-0.2, 0) is 19.6 Å². The highest BCUT2D eigenvalue weighted by atomic mass is 32.2. The normalized spacial score (nSPS) is 19.6. The summed E-state index contributed by atoms with van der Waals surface area (Å²) in [6.07, 6.45) is 1.67. The molecule has 1 aliphatic heterocycles. The van der Waals surface area contributed by atoms with Crippen molar-refractivity contribution < 1.29 is 23.1 Å².